The monoisotopic (exact) mass is 242 g/mol. The van der Waals surface area contributed by atoms with Crippen molar-refractivity contribution in [2.75, 3.05) is 13.1 Å². The molecule has 0 spiro atoms. The van der Waals surface area contributed by atoms with E-state index in [0.29, 0.717) is 12.6 Å². The lowest BCUT2D eigenvalue weighted by Gasteiger charge is -2.23. The molecule has 0 aromatic carbocycles. The summed E-state index contributed by atoms with van der Waals surface area (Å²) in [4.78, 5) is 24.8. The highest BCUT2D eigenvalue weighted by molar-refractivity contribution is 5.84. The zero-order valence-corrected chi connectivity index (χ0v) is 10.8. The zero-order chi connectivity index (χ0) is 13.0. The van der Waals surface area contributed by atoms with Crippen molar-refractivity contribution in [2.45, 2.75) is 45.7 Å². The zero-order valence-electron chi connectivity index (χ0n) is 10.8. The molecule has 0 saturated carbocycles. The molecular formula is C12H22N2O3. The van der Waals surface area contributed by atoms with Gasteiger partial charge in [0.15, 0.2) is 0 Å². The Morgan fingerprint density at radius 1 is 1.47 bits per heavy atom. The maximum atomic E-state index is 11.7. The fraction of sp³-hybridized carbons (Fsp3) is 0.833. The Balaban J connectivity index is 2.45. The molecule has 1 aliphatic heterocycles. The molecule has 1 rings (SSSR count). The number of carboxylic acid groups (broad SMARTS) is 1. The highest BCUT2D eigenvalue weighted by Gasteiger charge is 2.26. The van der Waals surface area contributed by atoms with E-state index in [9.17, 15) is 9.59 Å². The largest absolute Gasteiger partial charge is 0.480 e. The van der Waals surface area contributed by atoms with Gasteiger partial charge in [-0.25, -0.2) is 4.79 Å². The molecule has 5 nitrogen and oxygen atoms in total. The van der Waals surface area contributed by atoms with Gasteiger partial charge in [-0.05, 0) is 32.2 Å². The number of carbonyl (C=O) groups is 2. The Morgan fingerprint density at radius 2 is 2.12 bits per heavy atom. The highest BCUT2D eigenvalue weighted by Crippen LogP contribution is 2.15. The molecule has 1 heterocycles. The van der Waals surface area contributed by atoms with E-state index in [1.54, 1.807) is 13.8 Å². The van der Waals surface area contributed by atoms with E-state index in [2.05, 4.69) is 17.1 Å². The molecule has 1 fully saturated rings. The number of aliphatic carboxylic acids is 1. The van der Waals surface area contributed by atoms with Crippen molar-refractivity contribution in [3.05, 3.63) is 0 Å². The lowest BCUT2D eigenvalue weighted by atomic mass is 10.0. The first kappa shape index (κ1) is 14.0. The van der Waals surface area contributed by atoms with Gasteiger partial charge in [-0.3, -0.25) is 9.69 Å². The molecule has 0 radical (unpaired) electrons. The van der Waals surface area contributed by atoms with Crippen molar-refractivity contribution in [1.29, 1.82) is 0 Å². The number of hydrogen-bond acceptors (Lipinski definition) is 3. The fourth-order valence-corrected chi connectivity index (χ4v) is 2.14. The minimum absolute atomic E-state index is 0.104. The molecule has 0 aromatic heterocycles. The normalized spacial score (nSPS) is 22.7. The van der Waals surface area contributed by atoms with Gasteiger partial charge in [-0.2, -0.15) is 0 Å². The molecule has 0 aromatic rings. The number of carboxylic acids is 1. The topological polar surface area (TPSA) is 69.6 Å². The van der Waals surface area contributed by atoms with Crippen LogP contribution in [-0.4, -0.2) is 47.1 Å². The summed E-state index contributed by atoms with van der Waals surface area (Å²) in [6.07, 6.45) is 2.22. The molecule has 1 aliphatic rings. The van der Waals surface area contributed by atoms with E-state index in [0.717, 1.165) is 19.4 Å². The molecule has 98 valence electrons. The van der Waals surface area contributed by atoms with Crippen LogP contribution in [0.15, 0.2) is 0 Å². The Bertz CT molecular complexity index is 291. The van der Waals surface area contributed by atoms with Gasteiger partial charge in [0.05, 0.1) is 6.54 Å². The van der Waals surface area contributed by atoms with E-state index in [4.69, 9.17) is 5.11 Å². The number of likely N-dealkylation sites (tertiary alicyclic amines) is 1. The van der Waals surface area contributed by atoms with Crippen LogP contribution >= 0.6 is 0 Å². The van der Waals surface area contributed by atoms with Crippen LogP contribution in [0.3, 0.4) is 0 Å². The summed E-state index contributed by atoms with van der Waals surface area (Å²) >= 11 is 0. The second-order valence-corrected chi connectivity index (χ2v) is 5.09. The van der Waals surface area contributed by atoms with Gasteiger partial charge in [0.2, 0.25) is 5.91 Å². The molecule has 17 heavy (non-hydrogen) atoms. The average Bonchev–Trinajstić information content (AvgIpc) is 2.60. The van der Waals surface area contributed by atoms with Gasteiger partial charge in [0.25, 0.3) is 0 Å². The van der Waals surface area contributed by atoms with Crippen LogP contribution in [0.4, 0.5) is 0 Å². The van der Waals surface area contributed by atoms with Crippen molar-refractivity contribution in [3.8, 4) is 0 Å². The SMILES string of the molecule is CC(C)[C@H](NC(=O)CN1CCCC1C)C(=O)O. The third-order valence-electron chi connectivity index (χ3n) is 3.29. The van der Waals surface area contributed by atoms with Gasteiger partial charge in [-0.1, -0.05) is 13.8 Å². The summed E-state index contributed by atoms with van der Waals surface area (Å²) in [5.41, 5.74) is 0. The molecule has 1 saturated heterocycles. The van der Waals surface area contributed by atoms with Crippen molar-refractivity contribution >= 4 is 11.9 Å². The Morgan fingerprint density at radius 3 is 2.53 bits per heavy atom. The molecule has 2 N–H and O–H groups in total. The lowest BCUT2D eigenvalue weighted by molar-refractivity contribution is -0.143. The maximum Gasteiger partial charge on any atom is 0.326 e. The predicted molar refractivity (Wildman–Crippen MR) is 64.7 cm³/mol. The first-order valence-corrected chi connectivity index (χ1v) is 6.18. The number of carbonyl (C=O) groups excluding carboxylic acids is 1. The van der Waals surface area contributed by atoms with Gasteiger partial charge < -0.3 is 10.4 Å². The number of amides is 1. The first-order valence-electron chi connectivity index (χ1n) is 6.18. The summed E-state index contributed by atoms with van der Waals surface area (Å²) in [6.45, 7) is 6.90. The number of nitrogens with zero attached hydrogens (tertiary/aromatic N) is 1. The van der Waals surface area contributed by atoms with E-state index < -0.39 is 12.0 Å². The summed E-state index contributed by atoms with van der Waals surface area (Å²) in [5.74, 6) is -1.27. The Labute approximate surface area is 102 Å². The minimum Gasteiger partial charge on any atom is -0.480 e. The van der Waals surface area contributed by atoms with Crippen LogP contribution in [0.2, 0.25) is 0 Å². The fourth-order valence-electron chi connectivity index (χ4n) is 2.14. The van der Waals surface area contributed by atoms with Crippen LogP contribution in [-0.2, 0) is 9.59 Å². The van der Waals surface area contributed by atoms with Crippen LogP contribution in [0.5, 0.6) is 0 Å². The second-order valence-electron chi connectivity index (χ2n) is 5.09. The molecule has 0 aliphatic carbocycles. The maximum absolute atomic E-state index is 11.7. The third kappa shape index (κ3) is 4.00. The Kier molecular flexibility index (Phi) is 4.93. The number of hydrogen-bond donors (Lipinski definition) is 2. The van der Waals surface area contributed by atoms with Crippen molar-refractivity contribution in [3.63, 3.8) is 0 Å². The van der Waals surface area contributed by atoms with Gasteiger partial charge in [0, 0.05) is 6.04 Å². The van der Waals surface area contributed by atoms with Gasteiger partial charge >= 0.3 is 5.97 Å². The Hall–Kier alpha value is -1.10. The standard InChI is InChI=1S/C12H22N2O3/c1-8(2)11(12(16)17)13-10(15)7-14-6-4-5-9(14)3/h8-9,11H,4-7H2,1-3H3,(H,13,15)(H,16,17)/t9?,11-/m0/s1. The summed E-state index contributed by atoms with van der Waals surface area (Å²) < 4.78 is 0. The van der Waals surface area contributed by atoms with Crippen LogP contribution in [0.1, 0.15) is 33.6 Å². The third-order valence-corrected chi connectivity index (χ3v) is 3.29. The van der Waals surface area contributed by atoms with Crippen molar-refractivity contribution < 1.29 is 14.7 Å². The van der Waals surface area contributed by atoms with E-state index >= 15 is 0 Å². The molecular weight excluding hydrogens is 220 g/mol. The van der Waals surface area contributed by atoms with Gasteiger partial charge in [-0.15, -0.1) is 0 Å². The molecule has 1 unspecified atom stereocenters. The van der Waals surface area contributed by atoms with Crippen molar-refractivity contribution in [2.24, 2.45) is 5.92 Å². The van der Waals surface area contributed by atoms with E-state index in [1.807, 2.05) is 0 Å². The molecule has 5 heteroatoms. The molecule has 1 amide bonds. The van der Waals surface area contributed by atoms with Crippen LogP contribution in [0.25, 0.3) is 0 Å². The average molecular weight is 242 g/mol. The number of rotatable bonds is 5. The van der Waals surface area contributed by atoms with E-state index in [1.165, 1.54) is 0 Å². The summed E-state index contributed by atoms with van der Waals surface area (Å²) in [6, 6.07) is -0.372. The molecule has 0 bridgehead atoms. The minimum atomic E-state index is -0.970. The van der Waals surface area contributed by atoms with E-state index in [-0.39, 0.29) is 11.8 Å². The summed E-state index contributed by atoms with van der Waals surface area (Å²) in [7, 11) is 0. The number of nitrogens with one attached hydrogen (secondary N) is 1. The quantitative estimate of drug-likeness (QED) is 0.744. The van der Waals surface area contributed by atoms with Crippen LogP contribution < -0.4 is 5.32 Å². The summed E-state index contributed by atoms with van der Waals surface area (Å²) in [5, 5.41) is 11.6. The second kappa shape index (κ2) is 6.00. The highest BCUT2D eigenvalue weighted by atomic mass is 16.4. The van der Waals surface area contributed by atoms with Crippen LogP contribution in [0, 0.1) is 5.92 Å². The van der Waals surface area contributed by atoms with Crippen molar-refractivity contribution in [1.82, 2.24) is 10.2 Å². The predicted octanol–water partition coefficient (Wildman–Crippen LogP) is 0.696. The first-order chi connectivity index (χ1) is 7.91. The lowest BCUT2D eigenvalue weighted by Crippen LogP contribution is -2.48. The molecule has 2 atom stereocenters. The van der Waals surface area contributed by atoms with Gasteiger partial charge in [0.1, 0.15) is 6.04 Å². The smallest absolute Gasteiger partial charge is 0.326 e.